The number of ketones is 1. The Morgan fingerprint density at radius 1 is 0.814 bits per heavy atom. The minimum atomic E-state index is -0.297. The Bertz CT molecular complexity index is 1530. The minimum absolute atomic E-state index is 0. The molecule has 0 atom stereocenters. The molecule has 0 saturated heterocycles. The summed E-state index contributed by atoms with van der Waals surface area (Å²) >= 11 is 0. The average molecular weight is 761 g/mol. The fourth-order valence-corrected chi connectivity index (χ4v) is 6.22. The molecular weight excluding hydrogens is 714 g/mol. The second-order valence-electron chi connectivity index (χ2n) is 11.5. The number of aryl methyl sites for hydroxylation is 2. The summed E-state index contributed by atoms with van der Waals surface area (Å²) in [4.78, 5) is 17.1. The zero-order valence-corrected chi connectivity index (χ0v) is 29.4. The number of aromatic nitrogens is 1. The van der Waals surface area contributed by atoms with Crippen molar-refractivity contribution >= 4 is 27.3 Å². The third-order valence-electron chi connectivity index (χ3n) is 9.55. The van der Waals surface area contributed by atoms with Crippen molar-refractivity contribution in [2.45, 2.75) is 93.9 Å². The van der Waals surface area contributed by atoms with E-state index < -0.39 is 0 Å². The molecule has 5 heteroatoms. The number of hydrogen-bond donors (Lipinski definition) is 1. The van der Waals surface area contributed by atoms with E-state index in [0.29, 0.717) is 5.39 Å². The topological polar surface area (TPSA) is 50.2 Å². The molecule has 0 aliphatic heterocycles. The number of halogens is 1. The number of carbonyl (C=O) groups excluding carboxylic acids is 1. The summed E-state index contributed by atoms with van der Waals surface area (Å²) < 4.78 is 14.0. The molecule has 1 aromatic heterocycles. The summed E-state index contributed by atoms with van der Waals surface area (Å²) in [6.07, 6.45) is 8.41. The van der Waals surface area contributed by atoms with Crippen LogP contribution in [0.2, 0.25) is 0 Å². The van der Waals surface area contributed by atoms with Gasteiger partial charge in [0.1, 0.15) is 11.6 Å². The second-order valence-corrected chi connectivity index (χ2v) is 11.5. The Kier molecular flexibility index (Phi) is 13.3. The SMILES string of the molecule is CCC(CC)(CC)C(=O)/C=C(\O)C(CC)(CC)CC.Cc1[c-]c(-c2nccc3c2ccc2c(F)cccc23)cc(C)c1.[Ir]. The standard InChI is InChI=1S/C21H15FN.C17H32O2.Ir/c1-13-10-14(2)12-15(11-13)21-19-7-6-18-16(4-3-5-20(18)22)17(19)8-9-23-21;1-7-16(8-2,9-3)14(18)13-15(19)17(10-4,11-5)12-6;/h3-11H,1-2H3;13,18H,7-12H2,1-6H3;/q-1;;/b;14-13-;. The Balaban J connectivity index is 0.000000301. The van der Waals surface area contributed by atoms with Crippen molar-refractivity contribution < 1.29 is 34.4 Å². The molecule has 1 radical (unpaired) electrons. The van der Waals surface area contributed by atoms with E-state index in [4.69, 9.17) is 0 Å². The number of allylic oxidation sites excluding steroid dienone is 2. The van der Waals surface area contributed by atoms with E-state index in [1.807, 2.05) is 31.2 Å². The van der Waals surface area contributed by atoms with Gasteiger partial charge in [0.15, 0.2) is 5.78 Å². The maximum absolute atomic E-state index is 14.0. The van der Waals surface area contributed by atoms with E-state index in [-0.39, 0.29) is 48.3 Å². The van der Waals surface area contributed by atoms with Gasteiger partial charge in [-0.25, -0.2) is 4.39 Å². The van der Waals surface area contributed by atoms with E-state index in [1.54, 1.807) is 12.3 Å². The van der Waals surface area contributed by atoms with Crippen LogP contribution < -0.4 is 0 Å². The predicted octanol–water partition coefficient (Wildman–Crippen LogP) is 11.0. The van der Waals surface area contributed by atoms with Gasteiger partial charge in [-0.05, 0) is 72.5 Å². The number of aliphatic hydroxyl groups is 1. The third kappa shape index (κ3) is 7.62. The summed E-state index contributed by atoms with van der Waals surface area (Å²) in [6.45, 7) is 16.5. The van der Waals surface area contributed by atoms with Crippen molar-refractivity contribution in [3.63, 3.8) is 0 Å². The monoisotopic (exact) mass is 761 g/mol. The number of pyridine rings is 1. The maximum Gasteiger partial charge on any atom is 0.165 e. The molecule has 0 amide bonds. The quantitative estimate of drug-likeness (QED) is 0.0758. The smallest absolute Gasteiger partial charge is 0.165 e. The normalized spacial score (nSPS) is 12.1. The van der Waals surface area contributed by atoms with E-state index in [1.165, 1.54) is 17.7 Å². The van der Waals surface area contributed by atoms with Crippen LogP contribution in [0.15, 0.2) is 66.6 Å². The zero-order valence-electron chi connectivity index (χ0n) is 27.0. The van der Waals surface area contributed by atoms with Crippen LogP contribution >= 0.6 is 0 Å². The van der Waals surface area contributed by atoms with Gasteiger partial charge in [-0.3, -0.25) is 4.79 Å². The summed E-state index contributed by atoms with van der Waals surface area (Å²) in [5, 5.41) is 14.0. The Labute approximate surface area is 271 Å². The number of benzene rings is 3. The molecule has 0 spiro atoms. The zero-order chi connectivity index (χ0) is 31.1. The van der Waals surface area contributed by atoms with E-state index in [9.17, 15) is 14.3 Å². The molecule has 1 N–H and O–H groups in total. The van der Waals surface area contributed by atoms with Crippen LogP contribution in [0.5, 0.6) is 0 Å². The first-order chi connectivity index (χ1) is 20.0. The summed E-state index contributed by atoms with van der Waals surface area (Å²) in [5.74, 6) is 0.183. The number of rotatable bonds is 10. The first kappa shape index (κ1) is 36.3. The molecule has 1 heterocycles. The molecule has 0 aliphatic carbocycles. The van der Waals surface area contributed by atoms with Crippen LogP contribution in [0.25, 0.3) is 32.8 Å². The number of fused-ring (bicyclic) bond motifs is 3. The summed E-state index contributed by atoms with van der Waals surface area (Å²) in [7, 11) is 0. The molecule has 3 nitrogen and oxygen atoms in total. The van der Waals surface area contributed by atoms with Crippen LogP contribution in [0, 0.1) is 36.6 Å². The van der Waals surface area contributed by atoms with Crippen molar-refractivity contribution in [3.8, 4) is 11.3 Å². The van der Waals surface area contributed by atoms with Gasteiger partial charge < -0.3 is 10.1 Å². The molecule has 0 aliphatic rings. The van der Waals surface area contributed by atoms with Crippen molar-refractivity contribution in [3.05, 3.63) is 89.6 Å². The molecule has 0 unspecified atom stereocenters. The summed E-state index contributed by atoms with van der Waals surface area (Å²) in [6, 6.07) is 18.5. The Morgan fingerprint density at radius 2 is 1.37 bits per heavy atom. The Morgan fingerprint density at radius 3 is 1.93 bits per heavy atom. The van der Waals surface area contributed by atoms with E-state index in [2.05, 4.69) is 71.6 Å². The van der Waals surface area contributed by atoms with Crippen molar-refractivity contribution in [1.29, 1.82) is 0 Å². The fourth-order valence-electron chi connectivity index (χ4n) is 6.22. The van der Waals surface area contributed by atoms with Crippen LogP contribution in [0.4, 0.5) is 4.39 Å². The van der Waals surface area contributed by atoms with E-state index >= 15 is 0 Å². The molecule has 4 aromatic rings. The molecule has 0 bridgehead atoms. The fraction of sp³-hybridized carbons (Fsp3) is 0.421. The van der Waals surface area contributed by atoms with Crippen LogP contribution in [-0.4, -0.2) is 15.9 Å². The number of hydrogen-bond acceptors (Lipinski definition) is 3. The third-order valence-corrected chi connectivity index (χ3v) is 9.55. The first-order valence-corrected chi connectivity index (χ1v) is 15.5. The molecular formula is C38H47FIrNO2-. The molecule has 4 rings (SSSR count). The molecule has 0 fully saturated rings. The van der Waals surface area contributed by atoms with Gasteiger partial charge in [0, 0.05) is 48.6 Å². The molecule has 3 aromatic carbocycles. The number of carbonyl (C=O) groups is 1. The van der Waals surface area contributed by atoms with Gasteiger partial charge in [0.05, 0.1) is 0 Å². The van der Waals surface area contributed by atoms with Gasteiger partial charge >= 0.3 is 0 Å². The van der Waals surface area contributed by atoms with Gasteiger partial charge in [-0.1, -0.05) is 79.7 Å². The Hall–Kier alpha value is -2.88. The van der Waals surface area contributed by atoms with Crippen molar-refractivity contribution in [1.82, 2.24) is 4.98 Å². The number of aliphatic hydroxyl groups excluding tert-OH is 1. The molecule has 43 heavy (non-hydrogen) atoms. The average Bonchev–Trinajstić information content (AvgIpc) is 2.99. The summed E-state index contributed by atoms with van der Waals surface area (Å²) in [5.41, 5.74) is 3.61. The van der Waals surface area contributed by atoms with Gasteiger partial charge in [-0.2, -0.15) is 0 Å². The van der Waals surface area contributed by atoms with Gasteiger partial charge in [-0.15, -0.1) is 34.9 Å². The van der Waals surface area contributed by atoms with Crippen LogP contribution in [0.1, 0.15) is 91.2 Å². The second kappa shape index (κ2) is 15.7. The van der Waals surface area contributed by atoms with Gasteiger partial charge in [0.2, 0.25) is 0 Å². The van der Waals surface area contributed by atoms with Crippen LogP contribution in [-0.2, 0) is 24.9 Å². The first-order valence-electron chi connectivity index (χ1n) is 15.5. The minimum Gasteiger partial charge on any atom is -0.512 e. The molecule has 233 valence electrons. The van der Waals surface area contributed by atoms with Crippen molar-refractivity contribution in [2.75, 3.05) is 0 Å². The van der Waals surface area contributed by atoms with E-state index in [0.717, 1.165) is 71.5 Å². The van der Waals surface area contributed by atoms with Crippen molar-refractivity contribution in [2.24, 2.45) is 10.8 Å². The molecule has 0 saturated carbocycles. The van der Waals surface area contributed by atoms with Crippen LogP contribution in [0.3, 0.4) is 0 Å². The van der Waals surface area contributed by atoms with Gasteiger partial charge in [0.25, 0.3) is 0 Å². The predicted molar refractivity (Wildman–Crippen MR) is 175 cm³/mol. The number of nitrogens with zero attached hydrogens (tertiary/aromatic N) is 1. The maximum atomic E-state index is 14.0. The largest absolute Gasteiger partial charge is 0.512 e.